The summed E-state index contributed by atoms with van der Waals surface area (Å²) in [6.07, 6.45) is 3.03. The predicted molar refractivity (Wildman–Crippen MR) is 191 cm³/mol. The fourth-order valence-electron chi connectivity index (χ4n) is 7.45. The van der Waals surface area contributed by atoms with E-state index in [1.165, 1.54) is 15.9 Å². The summed E-state index contributed by atoms with van der Waals surface area (Å²) in [5.74, 6) is -1.88. The molecule has 3 fully saturated rings. The largest absolute Gasteiger partial charge is 0.444 e. The van der Waals surface area contributed by atoms with Crippen LogP contribution in [0, 0.1) is 11.7 Å². The van der Waals surface area contributed by atoms with Gasteiger partial charge in [-0.25, -0.2) is 14.0 Å². The van der Waals surface area contributed by atoms with Crippen molar-refractivity contribution in [2.45, 2.75) is 121 Å². The lowest BCUT2D eigenvalue weighted by molar-refractivity contribution is -0.142. The maximum absolute atomic E-state index is 14.4. The zero-order valence-electron chi connectivity index (χ0n) is 30.3. The lowest BCUT2D eigenvalue weighted by atomic mass is 10.0. The molecule has 1 aliphatic carbocycles. The van der Waals surface area contributed by atoms with Crippen LogP contribution in [0.3, 0.4) is 0 Å². The van der Waals surface area contributed by atoms with Crippen LogP contribution < -0.4 is 21.0 Å². The molecule has 2 saturated heterocycles. The number of hydroxylamine groups is 1. The molecule has 286 valence electrons. The van der Waals surface area contributed by atoms with Gasteiger partial charge in [0, 0.05) is 23.6 Å². The first kappa shape index (κ1) is 38.1. The van der Waals surface area contributed by atoms with E-state index in [9.17, 15) is 28.4 Å². The van der Waals surface area contributed by atoms with E-state index in [0.29, 0.717) is 47.6 Å². The summed E-state index contributed by atoms with van der Waals surface area (Å²) >= 11 is 5.98. The average molecular weight is 756 g/mol. The number of carbonyl (C=O) groups is 5. The lowest BCUT2D eigenvalue weighted by Crippen LogP contribution is -2.58. The Hall–Kier alpha value is -4.59. The molecule has 4 aliphatic rings. The summed E-state index contributed by atoms with van der Waals surface area (Å²) in [6, 6.07) is 8.95. The molecule has 6 rings (SSSR count). The van der Waals surface area contributed by atoms with E-state index in [0.717, 1.165) is 25.7 Å². The van der Waals surface area contributed by atoms with Crippen molar-refractivity contribution in [1.29, 1.82) is 0 Å². The van der Waals surface area contributed by atoms with Gasteiger partial charge in [0.15, 0.2) is 5.75 Å². The second-order valence-corrected chi connectivity index (χ2v) is 15.8. The molecule has 3 N–H and O–H groups in total. The fraction of sp³-hybridized carbons (Fsp3) is 0.553. The number of fused-ring (bicyclic) bond motifs is 3. The van der Waals surface area contributed by atoms with Gasteiger partial charge < -0.3 is 29.8 Å². The van der Waals surface area contributed by atoms with Crippen LogP contribution in [0.2, 0.25) is 5.02 Å². The van der Waals surface area contributed by atoms with Crippen LogP contribution >= 0.6 is 11.6 Å². The quantitative estimate of drug-likeness (QED) is 0.337. The van der Waals surface area contributed by atoms with Crippen LogP contribution in [0.5, 0.6) is 5.75 Å². The highest BCUT2D eigenvalue weighted by Crippen LogP contribution is 2.47. The van der Waals surface area contributed by atoms with Crippen molar-refractivity contribution in [3.8, 4) is 5.75 Å². The molecule has 0 unspecified atom stereocenters. The summed E-state index contributed by atoms with van der Waals surface area (Å²) in [5.41, 5.74) is 1.48. The van der Waals surface area contributed by atoms with Crippen molar-refractivity contribution in [2.24, 2.45) is 5.92 Å². The van der Waals surface area contributed by atoms with Crippen molar-refractivity contribution < 1.29 is 42.7 Å². The first-order chi connectivity index (χ1) is 25.2. The molecule has 15 heteroatoms. The molecule has 2 aromatic rings. The molecule has 53 heavy (non-hydrogen) atoms. The highest BCUT2D eigenvalue weighted by Gasteiger charge is 2.62. The standard InChI is InChI=1S/C38H47ClFN5O8/c1-37(2,3)52-35(49)41-30-13-8-6-4-5-7-11-24-19-38(24,34(48)43-53-26-16-14-25(39)15-17-26)42-32(46)31-18-27(21-45(31)33(30)47)51-36(50)44-20-23-10-9-12-29(40)28(23)22-44/h9-10,12,14-17,24,27,30-31H,4-8,11,13,18-22H2,1-3H3,(H,41,49)(H,42,46)(H,43,48)/t24-,27-,30+,31+,38-/m1/s1. The summed E-state index contributed by atoms with van der Waals surface area (Å²) in [6.45, 7) is 5.20. The molecule has 0 bridgehead atoms. The van der Waals surface area contributed by atoms with Crippen molar-refractivity contribution in [1.82, 2.24) is 25.9 Å². The number of hydrogen-bond acceptors (Lipinski definition) is 8. The van der Waals surface area contributed by atoms with E-state index >= 15 is 0 Å². The molecule has 5 atom stereocenters. The minimum absolute atomic E-state index is 0.0269. The van der Waals surface area contributed by atoms with Crippen LogP contribution in [0.1, 0.15) is 89.7 Å². The molecule has 3 aliphatic heterocycles. The Labute approximate surface area is 313 Å². The molecule has 0 radical (unpaired) electrons. The minimum Gasteiger partial charge on any atom is -0.444 e. The Morgan fingerprint density at radius 1 is 0.981 bits per heavy atom. The number of alkyl carbamates (subject to hydrolysis) is 1. The number of rotatable bonds is 5. The molecule has 0 aromatic heterocycles. The SMILES string of the molecule is CC(C)(C)OC(=O)N[C@H]1CCCCCCC[C@@H]2C[C@@]2(C(=O)NOc2ccc(Cl)cc2)NC(=O)[C@@H]2C[C@@H](OC(=O)N3Cc4cccc(F)c4C3)CN2C1=O. The van der Waals surface area contributed by atoms with E-state index in [1.54, 1.807) is 57.2 Å². The zero-order chi connectivity index (χ0) is 37.9. The molecular weight excluding hydrogens is 709 g/mol. The normalized spacial score (nSPS) is 26.1. The lowest BCUT2D eigenvalue weighted by Gasteiger charge is -2.30. The smallest absolute Gasteiger partial charge is 0.410 e. The summed E-state index contributed by atoms with van der Waals surface area (Å²) in [7, 11) is 0. The second kappa shape index (κ2) is 15.8. The van der Waals surface area contributed by atoms with Crippen molar-refractivity contribution in [2.75, 3.05) is 6.54 Å². The number of nitrogens with one attached hydrogen (secondary N) is 3. The van der Waals surface area contributed by atoms with Crippen LogP contribution in [0.15, 0.2) is 42.5 Å². The third kappa shape index (κ3) is 9.14. The third-order valence-electron chi connectivity index (χ3n) is 10.3. The van der Waals surface area contributed by atoms with Gasteiger partial charge in [-0.3, -0.25) is 19.3 Å². The van der Waals surface area contributed by atoms with Crippen molar-refractivity contribution in [3.63, 3.8) is 0 Å². The van der Waals surface area contributed by atoms with Crippen molar-refractivity contribution >= 4 is 41.5 Å². The van der Waals surface area contributed by atoms with Crippen LogP contribution in [0.4, 0.5) is 14.0 Å². The molecule has 0 spiro atoms. The van der Waals surface area contributed by atoms with Gasteiger partial charge in [0.05, 0.1) is 13.1 Å². The number of hydrogen-bond donors (Lipinski definition) is 3. The first-order valence-electron chi connectivity index (χ1n) is 18.3. The number of benzene rings is 2. The van der Waals surface area contributed by atoms with E-state index in [4.69, 9.17) is 25.9 Å². The number of ether oxygens (including phenoxy) is 2. The second-order valence-electron chi connectivity index (χ2n) is 15.4. The number of carbonyl (C=O) groups excluding carboxylic acids is 5. The monoisotopic (exact) mass is 755 g/mol. The van der Waals surface area contributed by atoms with Gasteiger partial charge >= 0.3 is 12.2 Å². The topological polar surface area (TPSA) is 156 Å². The van der Waals surface area contributed by atoms with Gasteiger partial charge in [0.1, 0.15) is 35.1 Å². The molecular formula is C38H47ClFN5O8. The van der Waals surface area contributed by atoms with E-state index < -0.39 is 65.1 Å². The maximum atomic E-state index is 14.4. The van der Waals surface area contributed by atoms with Gasteiger partial charge in [0.25, 0.3) is 5.91 Å². The van der Waals surface area contributed by atoms with Crippen molar-refractivity contribution in [3.05, 3.63) is 64.4 Å². The first-order valence-corrected chi connectivity index (χ1v) is 18.7. The van der Waals surface area contributed by atoms with Gasteiger partial charge in [-0.15, -0.1) is 0 Å². The Balaban J connectivity index is 1.23. The van der Waals surface area contributed by atoms with Gasteiger partial charge in [-0.05, 0) is 81.8 Å². The molecule has 2 aromatic carbocycles. The molecule has 3 heterocycles. The van der Waals surface area contributed by atoms with Gasteiger partial charge in [-0.2, -0.15) is 5.48 Å². The van der Waals surface area contributed by atoms with Crippen LogP contribution in [0.25, 0.3) is 0 Å². The maximum Gasteiger partial charge on any atom is 0.410 e. The van der Waals surface area contributed by atoms with Gasteiger partial charge in [-0.1, -0.05) is 55.8 Å². The van der Waals surface area contributed by atoms with E-state index in [-0.39, 0.29) is 32.0 Å². The molecule has 5 amide bonds. The summed E-state index contributed by atoms with van der Waals surface area (Å²) < 4.78 is 25.8. The molecule has 13 nitrogen and oxygen atoms in total. The van der Waals surface area contributed by atoms with Gasteiger partial charge in [0.2, 0.25) is 11.8 Å². The van der Waals surface area contributed by atoms with E-state index in [2.05, 4.69) is 16.1 Å². The number of nitrogens with zero attached hydrogens (tertiary/aromatic N) is 2. The highest BCUT2D eigenvalue weighted by atomic mass is 35.5. The predicted octanol–water partition coefficient (Wildman–Crippen LogP) is 5.52. The van der Waals surface area contributed by atoms with Crippen LogP contribution in [-0.4, -0.2) is 75.6 Å². The summed E-state index contributed by atoms with van der Waals surface area (Å²) in [5, 5.41) is 6.17. The number of halogens is 2. The third-order valence-corrected chi connectivity index (χ3v) is 10.5. The fourth-order valence-corrected chi connectivity index (χ4v) is 7.57. The Bertz CT molecular complexity index is 1720. The van der Waals surface area contributed by atoms with E-state index in [1.807, 2.05) is 0 Å². The Morgan fingerprint density at radius 3 is 2.42 bits per heavy atom. The Kier molecular flexibility index (Phi) is 11.4. The summed E-state index contributed by atoms with van der Waals surface area (Å²) in [4.78, 5) is 76.9. The number of amides is 5. The molecule has 1 saturated carbocycles. The highest BCUT2D eigenvalue weighted by molar-refractivity contribution is 6.30. The van der Waals surface area contributed by atoms with Crippen LogP contribution in [-0.2, 0) is 36.9 Å². The Morgan fingerprint density at radius 2 is 1.70 bits per heavy atom. The minimum atomic E-state index is -1.28. The zero-order valence-corrected chi connectivity index (χ0v) is 31.0. The average Bonchev–Trinajstić information content (AvgIpc) is 3.39.